The Morgan fingerprint density at radius 1 is 1.50 bits per heavy atom. The molecule has 2 rings (SSSR count). The molecule has 18 heavy (non-hydrogen) atoms. The average molecular weight is 266 g/mol. The largest absolute Gasteiger partial charge is 0.364 e. The van der Waals surface area contributed by atoms with Gasteiger partial charge in [-0.1, -0.05) is 0 Å². The smallest absolute Gasteiger partial charge is 0.268 e. The van der Waals surface area contributed by atoms with Gasteiger partial charge in [0.1, 0.15) is 5.69 Å². The molecule has 1 aromatic heterocycles. The van der Waals surface area contributed by atoms with E-state index in [1.54, 1.807) is 6.42 Å². The lowest BCUT2D eigenvalue weighted by Crippen LogP contribution is -2.28. The fraction of sp³-hybridized carbons (Fsp3) is 0.500. The van der Waals surface area contributed by atoms with Crippen LogP contribution in [0.3, 0.4) is 0 Å². The fourth-order valence-corrected chi connectivity index (χ4v) is 2.72. The number of hydrogen-bond acceptors (Lipinski definition) is 5. The van der Waals surface area contributed by atoms with Crippen LogP contribution >= 0.6 is 11.3 Å². The van der Waals surface area contributed by atoms with Crippen LogP contribution in [0.4, 0.5) is 0 Å². The van der Waals surface area contributed by atoms with Crippen molar-refractivity contribution >= 4 is 23.0 Å². The van der Waals surface area contributed by atoms with Crippen molar-refractivity contribution in [3.05, 3.63) is 22.5 Å². The van der Waals surface area contributed by atoms with E-state index in [0.717, 1.165) is 32.4 Å². The molecule has 0 unspecified atom stereocenters. The van der Waals surface area contributed by atoms with Crippen LogP contribution in [0.1, 0.15) is 39.6 Å². The number of thiazole rings is 1. The maximum absolute atomic E-state index is 11.8. The molecule has 1 saturated heterocycles. The minimum Gasteiger partial charge on any atom is -0.364 e. The highest BCUT2D eigenvalue weighted by Crippen LogP contribution is 2.19. The highest BCUT2D eigenvalue weighted by molar-refractivity contribution is 7.12. The van der Waals surface area contributed by atoms with Gasteiger partial charge in [-0.2, -0.15) is 0 Å². The predicted molar refractivity (Wildman–Crippen MR) is 69.5 cm³/mol. The van der Waals surface area contributed by atoms with Gasteiger partial charge in [0.2, 0.25) is 0 Å². The zero-order valence-electron chi connectivity index (χ0n) is 10.0. The molecule has 1 amide bonds. The summed E-state index contributed by atoms with van der Waals surface area (Å²) < 4.78 is 0. The van der Waals surface area contributed by atoms with Crippen LogP contribution < -0.4 is 11.1 Å². The lowest BCUT2D eigenvalue weighted by Gasteiger charge is -2.21. The van der Waals surface area contributed by atoms with Crippen LogP contribution in [0.2, 0.25) is 0 Å². The molecule has 0 bridgehead atoms. The molecule has 0 atom stereocenters. The van der Waals surface area contributed by atoms with E-state index in [1.807, 2.05) is 0 Å². The first kappa shape index (κ1) is 13.2. The van der Waals surface area contributed by atoms with Gasteiger partial charge in [0.25, 0.3) is 5.91 Å². The van der Waals surface area contributed by atoms with Crippen molar-refractivity contribution in [3.8, 4) is 0 Å². The number of rotatable bonds is 5. The molecule has 1 radical (unpaired) electrons. The third kappa shape index (κ3) is 3.36. The van der Waals surface area contributed by atoms with E-state index < -0.39 is 5.91 Å². The van der Waals surface area contributed by atoms with Crippen molar-refractivity contribution in [2.24, 2.45) is 11.7 Å². The van der Waals surface area contributed by atoms with E-state index in [9.17, 15) is 9.59 Å². The van der Waals surface area contributed by atoms with Gasteiger partial charge in [0.15, 0.2) is 10.8 Å². The number of nitrogens with one attached hydrogen (secondary N) is 1. The molecule has 5 nitrogen and oxygen atoms in total. The normalized spacial score (nSPS) is 16.7. The second-order valence-electron chi connectivity index (χ2n) is 4.40. The number of hydrogen-bond donors (Lipinski definition) is 2. The maximum atomic E-state index is 11.8. The van der Waals surface area contributed by atoms with Gasteiger partial charge in [-0.3, -0.25) is 9.59 Å². The molecule has 97 valence electrons. The molecule has 0 saturated carbocycles. The maximum Gasteiger partial charge on any atom is 0.268 e. The Morgan fingerprint density at radius 2 is 2.22 bits per heavy atom. The molecule has 3 N–H and O–H groups in total. The number of primary amides is 1. The van der Waals surface area contributed by atoms with Gasteiger partial charge >= 0.3 is 0 Å². The van der Waals surface area contributed by atoms with Crippen molar-refractivity contribution in [3.63, 3.8) is 0 Å². The number of aromatic nitrogens is 1. The second-order valence-corrected chi connectivity index (χ2v) is 5.26. The fourth-order valence-electron chi connectivity index (χ4n) is 1.98. The summed E-state index contributed by atoms with van der Waals surface area (Å²) in [4.78, 5) is 26.7. The first-order valence-electron chi connectivity index (χ1n) is 6.00. The van der Waals surface area contributed by atoms with E-state index in [0.29, 0.717) is 10.9 Å². The Kier molecular flexibility index (Phi) is 4.43. The summed E-state index contributed by atoms with van der Waals surface area (Å²) in [5.74, 6) is -0.125. The van der Waals surface area contributed by atoms with E-state index in [2.05, 4.69) is 10.3 Å². The highest BCUT2D eigenvalue weighted by atomic mass is 32.1. The molecular weight excluding hydrogens is 250 g/mol. The molecule has 6 heteroatoms. The van der Waals surface area contributed by atoms with Gasteiger partial charge in [0.05, 0.1) is 0 Å². The molecular formula is C12H16N3O2S. The van der Waals surface area contributed by atoms with Crippen molar-refractivity contribution in [2.75, 3.05) is 13.1 Å². The van der Waals surface area contributed by atoms with Gasteiger partial charge in [-0.05, 0) is 38.3 Å². The summed E-state index contributed by atoms with van der Waals surface area (Å²) in [5.41, 5.74) is 5.26. The van der Waals surface area contributed by atoms with Gasteiger partial charge in [0, 0.05) is 11.8 Å². The van der Waals surface area contributed by atoms with E-state index >= 15 is 0 Å². The van der Waals surface area contributed by atoms with Crippen LogP contribution in [0.5, 0.6) is 0 Å². The molecule has 0 aromatic carbocycles. The van der Waals surface area contributed by atoms with Crippen LogP contribution in [-0.4, -0.2) is 29.8 Å². The minimum atomic E-state index is -0.594. The molecule has 0 aliphatic carbocycles. The van der Waals surface area contributed by atoms with Gasteiger partial charge < -0.3 is 11.1 Å². The lowest BCUT2D eigenvalue weighted by atomic mass is 9.92. The Morgan fingerprint density at radius 3 is 2.83 bits per heavy atom. The summed E-state index contributed by atoms with van der Waals surface area (Å²) in [5, 5.41) is 5.16. The molecule has 1 aliphatic rings. The minimum absolute atomic E-state index is 0.106. The van der Waals surface area contributed by atoms with Crippen LogP contribution in [0, 0.1) is 12.3 Å². The summed E-state index contributed by atoms with van der Waals surface area (Å²) in [6.07, 6.45) is 4.67. The average Bonchev–Trinajstić information content (AvgIpc) is 2.87. The Bertz CT molecular complexity index is 438. The Balaban J connectivity index is 1.84. The monoisotopic (exact) mass is 266 g/mol. The van der Waals surface area contributed by atoms with Crippen molar-refractivity contribution in [1.82, 2.24) is 10.3 Å². The molecule has 2 heterocycles. The van der Waals surface area contributed by atoms with Crippen LogP contribution in [0.25, 0.3) is 0 Å². The number of Topliss-reactive ketones (excluding diaryl/α,β-unsaturated/α-hetero) is 1. The number of carbonyl (C=O) groups excluding carboxylic acids is 2. The summed E-state index contributed by atoms with van der Waals surface area (Å²) in [6, 6.07) is 0. The summed E-state index contributed by atoms with van der Waals surface area (Å²) in [7, 11) is 0. The standard InChI is InChI=1S/C12H16N3O2S/c13-11(17)9-7-18-12(15-9)10(16)2-1-8-3-5-14-6-4-8/h2,7-8,14H,1,3-6H2,(H2,13,17). The third-order valence-corrected chi connectivity index (χ3v) is 3.92. The predicted octanol–water partition coefficient (Wildman–Crippen LogP) is 1.02. The molecule has 0 spiro atoms. The third-order valence-electron chi connectivity index (χ3n) is 3.06. The number of nitrogens with two attached hydrogens (primary N) is 1. The zero-order chi connectivity index (χ0) is 13.0. The topological polar surface area (TPSA) is 85.1 Å². The van der Waals surface area contributed by atoms with Crippen LogP contribution in [0.15, 0.2) is 5.38 Å². The zero-order valence-corrected chi connectivity index (χ0v) is 10.8. The van der Waals surface area contributed by atoms with Crippen molar-refractivity contribution in [2.45, 2.75) is 19.3 Å². The SMILES string of the molecule is NC(=O)c1csc(C(=O)[CH]CC2CCNCC2)n1. The number of piperidine rings is 1. The molecule has 1 aromatic rings. The number of nitrogens with zero attached hydrogens (tertiary/aromatic N) is 1. The van der Waals surface area contributed by atoms with E-state index in [1.165, 1.54) is 16.7 Å². The molecule has 1 aliphatic heterocycles. The second kappa shape index (κ2) is 6.06. The van der Waals surface area contributed by atoms with Crippen LogP contribution in [-0.2, 0) is 0 Å². The van der Waals surface area contributed by atoms with Gasteiger partial charge in [-0.15, -0.1) is 11.3 Å². The van der Waals surface area contributed by atoms with Crippen molar-refractivity contribution < 1.29 is 9.59 Å². The lowest BCUT2D eigenvalue weighted by molar-refractivity contribution is 0.0996. The molecule has 1 fully saturated rings. The highest BCUT2D eigenvalue weighted by Gasteiger charge is 2.18. The summed E-state index contributed by atoms with van der Waals surface area (Å²) in [6.45, 7) is 2.05. The van der Waals surface area contributed by atoms with Gasteiger partial charge in [-0.25, -0.2) is 4.98 Å². The quantitative estimate of drug-likeness (QED) is 0.779. The number of ketones is 1. The number of amides is 1. The number of carbonyl (C=O) groups is 2. The Hall–Kier alpha value is -1.27. The first-order valence-corrected chi connectivity index (χ1v) is 6.88. The van der Waals surface area contributed by atoms with E-state index in [-0.39, 0.29) is 11.5 Å². The van der Waals surface area contributed by atoms with E-state index in [4.69, 9.17) is 5.73 Å². The first-order chi connectivity index (χ1) is 8.66. The Labute approximate surface area is 110 Å². The van der Waals surface area contributed by atoms with Crippen molar-refractivity contribution in [1.29, 1.82) is 0 Å². The summed E-state index contributed by atoms with van der Waals surface area (Å²) >= 11 is 1.17.